The molecule has 0 aromatic carbocycles. The number of likely N-dealkylation sites (tertiary alicyclic amines) is 1. The Morgan fingerprint density at radius 1 is 1.17 bits per heavy atom. The highest BCUT2D eigenvalue weighted by atomic mass is 16.2. The van der Waals surface area contributed by atoms with Crippen molar-refractivity contribution in [2.24, 2.45) is 11.8 Å². The van der Waals surface area contributed by atoms with Crippen molar-refractivity contribution in [3.63, 3.8) is 0 Å². The van der Waals surface area contributed by atoms with Crippen LogP contribution in [0.15, 0.2) is 48.1 Å². The van der Waals surface area contributed by atoms with E-state index in [2.05, 4.69) is 29.7 Å². The van der Waals surface area contributed by atoms with Gasteiger partial charge in [0.05, 0.1) is 0 Å². The first-order valence-corrected chi connectivity index (χ1v) is 6.28. The Morgan fingerprint density at radius 2 is 1.83 bits per heavy atom. The third-order valence-corrected chi connectivity index (χ3v) is 3.40. The molecule has 0 bridgehead atoms. The van der Waals surface area contributed by atoms with E-state index in [1.807, 2.05) is 18.2 Å². The van der Waals surface area contributed by atoms with Crippen LogP contribution in [0.2, 0.25) is 0 Å². The second-order valence-corrected chi connectivity index (χ2v) is 4.51. The molecule has 1 aliphatic carbocycles. The van der Waals surface area contributed by atoms with E-state index in [9.17, 15) is 4.79 Å². The van der Waals surface area contributed by atoms with Crippen LogP contribution in [0.5, 0.6) is 0 Å². The standard InChI is InChI=1S/C14H19N3O/c15-16-14(18)17-10-8-13(9-11-17)12-6-4-2-1-3-5-7-12/h1-7,13H,8-11,15H2,(H,16,18)/b2-1-,3-1?,4-2?,5-3-,6-4-,7-5?,12-6?,12-7+. The molecule has 2 aliphatic rings. The van der Waals surface area contributed by atoms with E-state index in [1.54, 1.807) is 4.90 Å². The summed E-state index contributed by atoms with van der Waals surface area (Å²) in [6.45, 7) is 1.52. The molecule has 2 rings (SSSR count). The van der Waals surface area contributed by atoms with Gasteiger partial charge in [0, 0.05) is 13.1 Å². The highest BCUT2D eigenvalue weighted by molar-refractivity contribution is 5.73. The lowest BCUT2D eigenvalue weighted by atomic mass is 9.88. The first-order valence-electron chi connectivity index (χ1n) is 6.28. The summed E-state index contributed by atoms with van der Waals surface area (Å²) in [5.41, 5.74) is 3.52. The molecule has 0 aromatic heterocycles. The van der Waals surface area contributed by atoms with Gasteiger partial charge in [-0.3, -0.25) is 5.43 Å². The largest absolute Gasteiger partial charge is 0.331 e. The summed E-state index contributed by atoms with van der Waals surface area (Å²) in [6.07, 6.45) is 16.5. The van der Waals surface area contributed by atoms with Crippen LogP contribution in [0, 0.1) is 5.92 Å². The maximum absolute atomic E-state index is 11.4. The molecule has 2 amide bonds. The molecule has 0 atom stereocenters. The minimum Gasteiger partial charge on any atom is -0.324 e. The van der Waals surface area contributed by atoms with E-state index in [-0.39, 0.29) is 6.03 Å². The van der Waals surface area contributed by atoms with Gasteiger partial charge in [0.2, 0.25) is 0 Å². The Labute approximate surface area is 107 Å². The first-order chi connectivity index (χ1) is 8.81. The molecule has 96 valence electrons. The molecule has 1 fully saturated rings. The van der Waals surface area contributed by atoms with E-state index >= 15 is 0 Å². The molecular weight excluding hydrogens is 226 g/mol. The predicted octanol–water partition coefficient (Wildman–Crippen LogP) is 1.89. The number of allylic oxidation sites excluding steroid dienone is 8. The Kier molecular flexibility index (Phi) is 4.36. The highest BCUT2D eigenvalue weighted by Crippen LogP contribution is 2.26. The number of nitrogens with zero attached hydrogens (tertiary/aromatic N) is 1. The Hall–Kier alpha value is -1.81. The zero-order valence-corrected chi connectivity index (χ0v) is 10.4. The zero-order chi connectivity index (χ0) is 12.8. The third-order valence-electron chi connectivity index (χ3n) is 3.40. The molecule has 1 aliphatic heterocycles. The van der Waals surface area contributed by atoms with E-state index < -0.39 is 0 Å². The number of hydrazine groups is 1. The summed E-state index contributed by atoms with van der Waals surface area (Å²) in [5.74, 6) is 5.66. The number of nitrogens with two attached hydrogens (primary N) is 1. The van der Waals surface area contributed by atoms with Crippen LogP contribution in [0.1, 0.15) is 12.8 Å². The summed E-state index contributed by atoms with van der Waals surface area (Å²) < 4.78 is 0. The fraction of sp³-hybridized carbons (Fsp3) is 0.357. The molecule has 0 aromatic rings. The minimum absolute atomic E-state index is 0.182. The maximum Gasteiger partial charge on any atom is 0.331 e. The van der Waals surface area contributed by atoms with Crippen LogP contribution in [0.25, 0.3) is 0 Å². The molecule has 0 saturated carbocycles. The number of rotatable bonds is 1. The van der Waals surface area contributed by atoms with E-state index in [0.29, 0.717) is 5.92 Å². The van der Waals surface area contributed by atoms with Gasteiger partial charge in [-0.05, 0) is 24.3 Å². The average molecular weight is 245 g/mol. The lowest BCUT2D eigenvalue weighted by molar-refractivity contribution is 0.177. The summed E-state index contributed by atoms with van der Waals surface area (Å²) in [4.78, 5) is 13.2. The third kappa shape index (κ3) is 3.11. The van der Waals surface area contributed by atoms with Crippen molar-refractivity contribution in [1.82, 2.24) is 10.3 Å². The molecule has 0 radical (unpaired) electrons. The lowest BCUT2D eigenvalue weighted by Crippen LogP contribution is -2.47. The van der Waals surface area contributed by atoms with Gasteiger partial charge in [0.25, 0.3) is 0 Å². The summed E-state index contributed by atoms with van der Waals surface area (Å²) in [7, 11) is 0. The van der Waals surface area contributed by atoms with Crippen LogP contribution in [0.3, 0.4) is 0 Å². The lowest BCUT2D eigenvalue weighted by Gasteiger charge is -2.32. The van der Waals surface area contributed by atoms with Gasteiger partial charge >= 0.3 is 6.03 Å². The van der Waals surface area contributed by atoms with E-state index in [1.165, 1.54) is 5.57 Å². The summed E-state index contributed by atoms with van der Waals surface area (Å²) >= 11 is 0. The Balaban J connectivity index is 1.95. The maximum atomic E-state index is 11.4. The molecule has 1 saturated heterocycles. The van der Waals surface area contributed by atoms with Crippen LogP contribution in [-0.4, -0.2) is 24.0 Å². The predicted molar refractivity (Wildman–Crippen MR) is 72.5 cm³/mol. The summed E-state index contributed by atoms with van der Waals surface area (Å²) in [5, 5.41) is 0. The minimum atomic E-state index is -0.182. The highest BCUT2D eigenvalue weighted by Gasteiger charge is 2.23. The second-order valence-electron chi connectivity index (χ2n) is 4.51. The van der Waals surface area contributed by atoms with Gasteiger partial charge in [-0.15, -0.1) is 0 Å². The topological polar surface area (TPSA) is 58.4 Å². The molecule has 0 unspecified atom stereocenters. The number of carbonyl (C=O) groups excluding carboxylic acids is 1. The van der Waals surface area contributed by atoms with Crippen molar-refractivity contribution in [1.29, 1.82) is 0 Å². The Morgan fingerprint density at radius 3 is 2.56 bits per heavy atom. The molecule has 0 spiro atoms. The molecule has 1 heterocycles. The van der Waals surface area contributed by atoms with Gasteiger partial charge in [0.1, 0.15) is 0 Å². The smallest absolute Gasteiger partial charge is 0.324 e. The molecule has 4 heteroatoms. The fourth-order valence-corrected chi connectivity index (χ4v) is 2.36. The average Bonchev–Trinajstić information content (AvgIpc) is 2.38. The van der Waals surface area contributed by atoms with Crippen molar-refractivity contribution in [3.8, 4) is 0 Å². The molecule has 3 N–H and O–H groups in total. The number of hydrogen-bond donors (Lipinski definition) is 2. The van der Waals surface area contributed by atoms with Crippen molar-refractivity contribution in [3.05, 3.63) is 48.1 Å². The van der Waals surface area contributed by atoms with Crippen molar-refractivity contribution in [2.75, 3.05) is 13.1 Å². The SMILES string of the molecule is NNC(=O)N1CCC(C2=C/C=C\C=C/C=C\2)CC1. The van der Waals surface area contributed by atoms with Crippen molar-refractivity contribution >= 4 is 6.03 Å². The number of urea groups is 1. The molecular formula is C14H19N3O. The number of piperidine rings is 1. The number of carbonyl (C=O) groups is 1. The van der Waals surface area contributed by atoms with Gasteiger partial charge < -0.3 is 4.90 Å². The van der Waals surface area contributed by atoms with Gasteiger partial charge in [-0.2, -0.15) is 0 Å². The molecule has 18 heavy (non-hydrogen) atoms. The van der Waals surface area contributed by atoms with E-state index in [4.69, 9.17) is 5.84 Å². The number of amides is 2. The Bertz CT molecular complexity index is 413. The van der Waals surface area contributed by atoms with Gasteiger partial charge in [0.15, 0.2) is 0 Å². The first kappa shape index (κ1) is 12.6. The normalized spacial score (nSPS) is 28.5. The van der Waals surface area contributed by atoms with Crippen LogP contribution < -0.4 is 11.3 Å². The van der Waals surface area contributed by atoms with Crippen LogP contribution >= 0.6 is 0 Å². The van der Waals surface area contributed by atoms with Crippen LogP contribution in [0.4, 0.5) is 4.79 Å². The zero-order valence-electron chi connectivity index (χ0n) is 10.4. The van der Waals surface area contributed by atoms with Crippen molar-refractivity contribution < 1.29 is 4.79 Å². The second kappa shape index (κ2) is 6.21. The monoisotopic (exact) mass is 245 g/mol. The number of nitrogens with one attached hydrogen (secondary N) is 1. The van der Waals surface area contributed by atoms with Gasteiger partial charge in [-0.1, -0.05) is 42.5 Å². The van der Waals surface area contributed by atoms with Crippen LogP contribution in [-0.2, 0) is 0 Å². The van der Waals surface area contributed by atoms with Crippen molar-refractivity contribution in [2.45, 2.75) is 12.8 Å². The number of hydrogen-bond acceptors (Lipinski definition) is 2. The van der Waals surface area contributed by atoms with E-state index in [0.717, 1.165) is 25.9 Å². The quantitative estimate of drug-likeness (QED) is 0.421. The summed E-state index contributed by atoms with van der Waals surface area (Å²) in [6, 6.07) is -0.182. The van der Waals surface area contributed by atoms with Gasteiger partial charge in [-0.25, -0.2) is 10.6 Å². The molecule has 4 nitrogen and oxygen atoms in total. The fourth-order valence-electron chi connectivity index (χ4n) is 2.36.